The van der Waals surface area contributed by atoms with Gasteiger partial charge in [-0.2, -0.15) is 0 Å². The maximum Gasteiger partial charge on any atom is 0.253 e. The van der Waals surface area contributed by atoms with Crippen LogP contribution in [-0.4, -0.2) is 60.2 Å². The van der Waals surface area contributed by atoms with Crippen molar-refractivity contribution in [2.24, 2.45) is 0 Å². The highest BCUT2D eigenvalue weighted by Gasteiger charge is 2.19. The molecule has 4 rings (SSSR count). The molecule has 2 fully saturated rings. The van der Waals surface area contributed by atoms with Gasteiger partial charge in [0.05, 0.1) is 6.54 Å². The Balaban J connectivity index is 1.24. The van der Waals surface area contributed by atoms with Crippen LogP contribution in [0.3, 0.4) is 0 Å². The number of hydrogen-bond acceptors (Lipinski definition) is 4. The van der Waals surface area contributed by atoms with Gasteiger partial charge in [-0.25, -0.2) is 0 Å². The molecule has 2 aromatic rings. The lowest BCUT2D eigenvalue weighted by atomic mass is 10.1. The monoisotopic (exact) mass is 448 g/mol. The summed E-state index contributed by atoms with van der Waals surface area (Å²) in [5.74, 6) is -0.0593. The third-order valence-electron chi connectivity index (χ3n) is 6.29. The third-order valence-corrected chi connectivity index (χ3v) is 6.29. The maximum absolute atomic E-state index is 12.7. The quantitative estimate of drug-likeness (QED) is 0.700. The molecule has 0 aromatic heterocycles. The summed E-state index contributed by atoms with van der Waals surface area (Å²) in [6, 6.07) is 14.3. The Labute approximate surface area is 195 Å². The molecular formula is C26H32N4O3. The van der Waals surface area contributed by atoms with Crippen molar-refractivity contribution in [2.45, 2.75) is 38.5 Å². The number of likely N-dealkylation sites (tertiary alicyclic amines) is 2. The van der Waals surface area contributed by atoms with Crippen molar-refractivity contribution in [2.75, 3.05) is 43.4 Å². The first-order valence-electron chi connectivity index (χ1n) is 11.9. The van der Waals surface area contributed by atoms with Gasteiger partial charge in [0.25, 0.3) is 11.8 Å². The van der Waals surface area contributed by atoms with E-state index in [-0.39, 0.29) is 24.3 Å². The Bertz CT molecular complexity index is 958. The van der Waals surface area contributed by atoms with Crippen LogP contribution in [0.1, 0.15) is 59.2 Å². The van der Waals surface area contributed by atoms with Crippen molar-refractivity contribution in [3.8, 4) is 0 Å². The second-order valence-corrected chi connectivity index (χ2v) is 8.76. The highest BCUT2D eigenvalue weighted by atomic mass is 16.2. The van der Waals surface area contributed by atoms with Crippen molar-refractivity contribution < 1.29 is 14.4 Å². The van der Waals surface area contributed by atoms with Gasteiger partial charge in [0, 0.05) is 48.7 Å². The van der Waals surface area contributed by atoms with E-state index in [1.165, 1.54) is 12.8 Å². The number of nitrogens with zero attached hydrogens (tertiary/aromatic N) is 2. The van der Waals surface area contributed by atoms with E-state index in [2.05, 4.69) is 10.6 Å². The Kier molecular flexibility index (Phi) is 7.60. The first-order valence-corrected chi connectivity index (χ1v) is 11.9. The predicted octanol–water partition coefficient (Wildman–Crippen LogP) is 3.99. The van der Waals surface area contributed by atoms with Crippen molar-refractivity contribution in [1.29, 1.82) is 0 Å². The fourth-order valence-electron chi connectivity index (χ4n) is 4.37. The van der Waals surface area contributed by atoms with E-state index in [4.69, 9.17) is 0 Å². The minimum Gasteiger partial charge on any atom is -0.376 e. The molecule has 0 bridgehead atoms. The minimum absolute atomic E-state index is 0.0461. The van der Waals surface area contributed by atoms with Gasteiger partial charge in [0.2, 0.25) is 5.91 Å². The van der Waals surface area contributed by atoms with E-state index in [0.717, 1.165) is 57.5 Å². The molecule has 0 radical (unpaired) electrons. The van der Waals surface area contributed by atoms with Crippen molar-refractivity contribution in [1.82, 2.24) is 9.80 Å². The van der Waals surface area contributed by atoms with Crippen molar-refractivity contribution >= 4 is 29.1 Å². The number of carbonyl (C=O) groups excluding carboxylic acids is 3. The number of benzene rings is 2. The van der Waals surface area contributed by atoms with Crippen molar-refractivity contribution in [3.63, 3.8) is 0 Å². The van der Waals surface area contributed by atoms with E-state index in [9.17, 15) is 14.4 Å². The largest absolute Gasteiger partial charge is 0.376 e. The van der Waals surface area contributed by atoms with Crippen LogP contribution in [0.15, 0.2) is 48.5 Å². The lowest BCUT2D eigenvalue weighted by Crippen LogP contribution is -2.31. The van der Waals surface area contributed by atoms with Gasteiger partial charge in [-0.1, -0.05) is 12.8 Å². The number of carbonyl (C=O) groups is 3. The lowest BCUT2D eigenvalue weighted by Gasteiger charge is -2.20. The summed E-state index contributed by atoms with van der Waals surface area (Å²) in [6.07, 6.45) is 6.63. The van der Waals surface area contributed by atoms with Crippen LogP contribution < -0.4 is 10.6 Å². The molecule has 33 heavy (non-hydrogen) atoms. The van der Waals surface area contributed by atoms with Crippen LogP contribution in [-0.2, 0) is 4.79 Å². The van der Waals surface area contributed by atoms with Gasteiger partial charge in [-0.3, -0.25) is 14.4 Å². The predicted molar refractivity (Wildman–Crippen MR) is 130 cm³/mol. The average molecular weight is 449 g/mol. The normalized spacial score (nSPS) is 16.2. The standard InChI is InChI=1S/C26H32N4O3/c31-24(28-23-13-9-21(10-14-23)26(33)30-17-5-6-18-30)19-27-22-11-7-20(8-12-22)25(32)29-15-3-1-2-4-16-29/h7-14,27H,1-6,15-19H2,(H,28,31). The fraction of sp³-hybridized carbons (Fsp3) is 0.423. The highest BCUT2D eigenvalue weighted by molar-refractivity contribution is 5.97. The lowest BCUT2D eigenvalue weighted by molar-refractivity contribution is -0.114. The Hall–Kier alpha value is -3.35. The summed E-state index contributed by atoms with van der Waals surface area (Å²) < 4.78 is 0. The van der Waals surface area contributed by atoms with E-state index in [1.807, 2.05) is 34.1 Å². The number of rotatable bonds is 6. The second kappa shape index (κ2) is 11.0. The topological polar surface area (TPSA) is 81.8 Å². The fourth-order valence-corrected chi connectivity index (χ4v) is 4.37. The van der Waals surface area contributed by atoms with E-state index in [0.29, 0.717) is 16.8 Å². The molecule has 2 heterocycles. The van der Waals surface area contributed by atoms with E-state index >= 15 is 0 Å². The molecule has 0 aliphatic carbocycles. The Morgan fingerprint density at radius 3 is 1.52 bits per heavy atom. The number of nitrogens with one attached hydrogen (secondary N) is 2. The molecule has 2 aromatic carbocycles. The molecule has 2 aliphatic heterocycles. The first-order chi connectivity index (χ1) is 16.1. The van der Waals surface area contributed by atoms with Crippen molar-refractivity contribution in [3.05, 3.63) is 59.7 Å². The Morgan fingerprint density at radius 2 is 1.03 bits per heavy atom. The Morgan fingerprint density at radius 1 is 0.606 bits per heavy atom. The summed E-state index contributed by atoms with van der Waals surface area (Å²) in [5.41, 5.74) is 2.75. The molecule has 0 atom stereocenters. The van der Waals surface area contributed by atoms with Crippen LogP contribution in [0, 0.1) is 0 Å². The van der Waals surface area contributed by atoms with Gasteiger partial charge in [0.1, 0.15) is 0 Å². The molecule has 3 amide bonds. The molecule has 2 aliphatic rings. The zero-order chi connectivity index (χ0) is 23.0. The van der Waals surface area contributed by atoms with Gasteiger partial charge in [-0.15, -0.1) is 0 Å². The van der Waals surface area contributed by atoms with E-state index < -0.39 is 0 Å². The molecule has 0 spiro atoms. The molecule has 0 saturated carbocycles. The summed E-state index contributed by atoms with van der Waals surface area (Å²) >= 11 is 0. The molecule has 0 unspecified atom stereocenters. The number of amides is 3. The van der Waals surface area contributed by atoms with Crippen LogP contribution in [0.25, 0.3) is 0 Å². The summed E-state index contributed by atoms with van der Waals surface area (Å²) in [5, 5.41) is 5.93. The van der Waals surface area contributed by atoms with Crippen LogP contribution in [0.5, 0.6) is 0 Å². The maximum atomic E-state index is 12.7. The summed E-state index contributed by atoms with van der Waals surface area (Å²) in [4.78, 5) is 41.2. The zero-order valence-corrected chi connectivity index (χ0v) is 19.0. The summed E-state index contributed by atoms with van der Waals surface area (Å²) in [6.45, 7) is 3.39. The first kappa shape index (κ1) is 22.8. The number of hydrogen-bond donors (Lipinski definition) is 2. The smallest absolute Gasteiger partial charge is 0.253 e. The molecule has 174 valence electrons. The van der Waals surface area contributed by atoms with Gasteiger partial charge < -0.3 is 20.4 Å². The molecular weight excluding hydrogens is 416 g/mol. The molecule has 7 heteroatoms. The SMILES string of the molecule is O=C(CNc1ccc(C(=O)N2CCCCCC2)cc1)Nc1ccc(C(=O)N2CCCC2)cc1. The molecule has 2 saturated heterocycles. The summed E-state index contributed by atoms with van der Waals surface area (Å²) in [7, 11) is 0. The van der Waals surface area contributed by atoms with Crippen LogP contribution in [0.2, 0.25) is 0 Å². The van der Waals surface area contributed by atoms with Gasteiger partial charge in [0.15, 0.2) is 0 Å². The molecule has 2 N–H and O–H groups in total. The molecule has 7 nitrogen and oxygen atoms in total. The zero-order valence-electron chi connectivity index (χ0n) is 19.0. The van der Waals surface area contributed by atoms with Gasteiger partial charge in [-0.05, 0) is 74.2 Å². The second-order valence-electron chi connectivity index (χ2n) is 8.76. The minimum atomic E-state index is -0.182. The van der Waals surface area contributed by atoms with E-state index in [1.54, 1.807) is 24.3 Å². The average Bonchev–Trinajstić information content (AvgIpc) is 3.25. The van der Waals surface area contributed by atoms with Gasteiger partial charge >= 0.3 is 0 Å². The van der Waals surface area contributed by atoms with Crippen LogP contribution >= 0.6 is 0 Å². The van der Waals surface area contributed by atoms with Crippen LogP contribution in [0.4, 0.5) is 11.4 Å². The highest BCUT2D eigenvalue weighted by Crippen LogP contribution is 2.17. The third kappa shape index (κ3) is 6.12. The number of anilines is 2.